The summed E-state index contributed by atoms with van der Waals surface area (Å²) in [6.45, 7) is 4.57. The molecule has 0 unspecified atom stereocenters. The van der Waals surface area contributed by atoms with E-state index >= 15 is 0 Å². The van der Waals surface area contributed by atoms with Crippen LogP contribution >= 0.6 is 0 Å². The van der Waals surface area contributed by atoms with Crippen LogP contribution in [0.1, 0.15) is 15.9 Å². The van der Waals surface area contributed by atoms with Gasteiger partial charge in [-0.2, -0.15) is 0 Å². The maximum atomic E-state index is 13.4. The minimum atomic E-state index is -0.327. The van der Waals surface area contributed by atoms with Crippen molar-refractivity contribution >= 4 is 28.3 Å². The number of benzene rings is 3. The molecule has 1 aliphatic heterocycles. The van der Waals surface area contributed by atoms with Gasteiger partial charge in [0.25, 0.3) is 5.91 Å². The van der Waals surface area contributed by atoms with E-state index in [-0.39, 0.29) is 16.9 Å². The molecule has 1 amide bonds. The third-order valence-corrected chi connectivity index (χ3v) is 5.93. The Labute approximate surface area is 191 Å². The summed E-state index contributed by atoms with van der Waals surface area (Å²) in [5.74, 6) is 0.148. The number of hydrogen-bond acceptors (Lipinski definition) is 5. The maximum absolute atomic E-state index is 13.4. The second-order valence-corrected chi connectivity index (χ2v) is 8.00. The highest BCUT2D eigenvalue weighted by Crippen LogP contribution is 2.30. The number of nitrogens with zero attached hydrogens (tertiary/aromatic N) is 1. The van der Waals surface area contributed by atoms with Crippen molar-refractivity contribution in [1.29, 1.82) is 0 Å². The second-order valence-electron chi connectivity index (χ2n) is 8.00. The molecule has 0 bridgehead atoms. The molecule has 1 N–H and O–H groups in total. The second kappa shape index (κ2) is 8.92. The van der Waals surface area contributed by atoms with Gasteiger partial charge in [0.1, 0.15) is 5.76 Å². The van der Waals surface area contributed by atoms with E-state index in [0.29, 0.717) is 41.2 Å². The predicted octanol–water partition coefficient (Wildman–Crippen LogP) is 4.86. The number of carbonyl (C=O) groups excluding carboxylic acids is 1. The summed E-state index contributed by atoms with van der Waals surface area (Å²) >= 11 is 0. The first-order chi connectivity index (χ1) is 16.1. The van der Waals surface area contributed by atoms with E-state index in [1.807, 2.05) is 54.6 Å². The van der Waals surface area contributed by atoms with Crippen LogP contribution in [0.5, 0.6) is 0 Å². The fourth-order valence-electron chi connectivity index (χ4n) is 4.20. The van der Waals surface area contributed by atoms with Gasteiger partial charge >= 0.3 is 0 Å². The zero-order valence-electron chi connectivity index (χ0n) is 18.3. The standard InChI is InChI=1S/C27H24N2O4/c1-18-24(30)20-10-7-11-21(26(20)33-25(18)19-8-3-2-4-9-19)27(31)28-22-12-5-6-13-23(22)29-14-16-32-17-15-29/h2-13H,14-17H2,1H3,(H,28,31). The Morgan fingerprint density at radius 2 is 1.64 bits per heavy atom. The van der Waals surface area contributed by atoms with Crippen LogP contribution in [-0.2, 0) is 4.74 Å². The van der Waals surface area contributed by atoms with Gasteiger partial charge < -0.3 is 19.4 Å². The van der Waals surface area contributed by atoms with Gasteiger partial charge in [-0.1, -0.05) is 48.5 Å². The lowest BCUT2D eigenvalue weighted by molar-refractivity contribution is 0.102. The minimum Gasteiger partial charge on any atom is -0.455 e. The number of rotatable bonds is 4. The molecule has 0 aliphatic carbocycles. The molecule has 1 aliphatic rings. The predicted molar refractivity (Wildman–Crippen MR) is 130 cm³/mol. The van der Waals surface area contributed by atoms with Gasteiger partial charge in [-0.3, -0.25) is 9.59 Å². The van der Waals surface area contributed by atoms with E-state index in [2.05, 4.69) is 10.2 Å². The number of hydrogen-bond donors (Lipinski definition) is 1. The smallest absolute Gasteiger partial charge is 0.259 e. The Morgan fingerprint density at radius 3 is 2.42 bits per heavy atom. The van der Waals surface area contributed by atoms with E-state index in [4.69, 9.17) is 9.15 Å². The van der Waals surface area contributed by atoms with Crippen molar-refractivity contribution in [2.45, 2.75) is 6.92 Å². The van der Waals surface area contributed by atoms with Crippen LogP contribution < -0.4 is 15.6 Å². The highest BCUT2D eigenvalue weighted by molar-refractivity contribution is 6.12. The number of para-hydroxylation sites is 3. The summed E-state index contributed by atoms with van der Waals surface area (Å²) in [6, 6.07) is 22.3. The molecule has 0 radical (unpaired) electrons. The van der Waals surface area contributed by atoms with Gasteiger partial charge in [0.15, 0.2) is 11.0 Å². The Morgan fingerprint density at radius 1 is 0.909 bits per heavy atom. The van der Waals surface area contributed by atoms with E-state index in [9.17, 15) is 9.59 Å². The number of ether oxygens (including phenoxy) is 1. The maximum Gasteiger partial charge on any atom is 0.259 e. The van der Waals surface area contributed by atoms with Gasteiger partial charge in [-0.05, 0) is 31.2 Å². The first-order valence-corrected chi connectivity index (χ1v) is 11.0. The Kier molecular flexibility index (Phi) is 5.67. The van der Waals surface area contributed by atoms with Crippen molar-refractivity contribution in [3.05, 3.63) is 94.1 Å². The van der Waals surface area contributed by atoms with E-state index in [0.717, 1.165) is 24.3 Å². The summed E-state index contributed by atoms with van der Waals surface area (Å²) in [5.41, 5.74) is 3.42. The molecule has 0 saturated carbocycles. The summed E-state index contributed by atoms with van der Waals surface area (Å²) in [4.78, 5) is 28.7. The quantitative estimate of drug-likeness (QED) is 0.491. The van der Waals surface area contributed by atoms with Gasteiger partial charge in [0.2, 0.25) is 0 Å². The summed E-state index contributed by atoms with van der Waals surface area (Å²) in [5, 5.41) is 3.42. The molecule has 1 fully saturated rings. The van der Waals surface area contributed by atoms with Crippen molar-refractivity contribution in [1.82, 2.24) is 0 Å². The Bertz CT molecular complexity index is 1370. The molecule has 0 spiro atoms. The third kappa shape index (κ3) is 4.01. The highest BCUT2D eigenvalue weighted by atomic mass is 16.5. The normalized spacial score (nSPS) is 13.8. The molecule has 6 nitrogen and oxygen atoms in total. The summed E-state index contributed by atoms with van der Waals surface area (Å²) < 4.78 is 11.7. The van der Waals surface area contributed by atoms with Crippen LogP contribution in [0.15, 0.2) is 82.0 Å². The largest absolute Gasteiger partial charge is 0.455 e. The summed E-state index contributed by atoms with van der Waals surface area (Å²) in [7, 11) is 0. The molecule has 5 rings (SSSR count). The number of nitrogens with one attached hydrogen (secondary N) is 1. The zero-order valence-corrected chi connectivity index (χ0v) is 18.3. The van der Waals surface area contributed by atoms with Gasteiger partial charge in [0, 0.05) is 24.2 Å². The lowest BCUT2D eigenvalue weighted by atomic mass is 10.0. The number of morpholine rings is 1. The highest BCUT2D eigenvalue weighted by Gasteiger charge is 2.20. The molecule has 0 atom stereocenters. The molecule has 2 heterocycles. The van der Waals surface area contributed by atoms with E-state index in [1.54, 1.807) is 25.1 Å². The van der Waals surface area contributed by atoms with Gasteiger partial charge in [0.05, 0.1) is 35.5 Å². The molecule has 166 valence electrons. The molecule has 4 aromatic rings. The lowest BCUT2D eigenvalue weighted by Gasteiger charge is -2.30. The molecular formula is C27H24N2O4. The molecule has 6 heteroatoms. The first kappa shape index (κ1) is 21.0. The first-order valence-electron chi connectivity index (χ1n) is 11.0. The van der Waals surface area contributed by atoms with Crippen LogP contribution in [-0.4, -0.2) is 32.2 Å². The lowest BCUT2D eigenvalue weighted by Crippen LogP contribution is -2.36. The molecule has 33 heavy (non-hydrogen) atoms. The van der Waals surface area contributed by atoms with Crippen LogP contribution in [0.2, 0.25) is 0 Å². The van der Waals surface area contributed by atoms with Gasteiger partial charge in [-0.15, -0.1) is 0 Å². The Balaban J connectivity index is 1.56. The molecule has 1 aromatic heterocycles. The molecule has 3 aromatic carbocycles. The number of carbonyl (C=O) groups is 1. The molecular weight excluding hydrogens is 416 g/mol. The van der Waals surface area contributed by atoms with E-state index < -0.39 is 0 Å². The number of fused-ring (bicyclic) bond motifs is 1. The average Bonchev–Trinajstić information content (AvgIpc) is 2.87. The number of amides is 1. The van der Waals surface area contributed by atoms with Crippen molar-refractivity contribution in [2.75, 3.05) is 36.5 Å². The topological polar surface area (TPSA) is 71.8 Å². The Hall–Kier alpha value is -3.90. The van der Waals surface area contributed by atoms with Crippen LogP contribution in [0.3, 0.4) is 0 Å². The van der Waals surface area contributed by atoms with Crippen molar-refractivity contribution in [3.63, 3.8) is 0 Å². The SMILES string of the molecule is Cc1c(-c2ccccc2)oc2c(C(=O)Nc3ccccc3N3CCOCC3)cccc2c1=O. The van der Waals surface area contributed by atoms with Crippen molar-refractivity contribution < 1.29 is 13.9 Å². The van der Waals surface area contributed by atoms with Crippen LogP contribution in [0.25, 0.3) is 22.3 Å². The average molecular weight is 440 g/mol. The van der Waals surface area contributed by atoms with E-state index in [1.165, 1.54) is 0 Å². The van der Waals surface area contributed by atoms with Gasteiger partial charge in [-0.25, -0.2) is 0 Å². The van der Waals surface area contributed by atoms with Crippen LogP contribution in [0.4, 0.5) is 11.4 Å². The zero-order chi connectivity index (χ0) is 22.8. The fraction of sp³-hybridized carbons (Fsp3) is 0.185. The molecule has 1 saturated heterocycles. The third-order valence-electron chi connectivity index (χ3n) is 5.93. The van der Waals surface area contributed by atoms with Crippen molar-refractivity contribution in [3.8, 4) is 11.3 Å². The van der Waals surface area contributed by atoms with Crippen LogP contribution in [0, 0.1) is 6.92 Å². The minimum absolute atomic E-state index is 0.140. The number of anilines is 2. The fourth-order valence-corrected chi connectivity index (χ4v) is 4.20. The van der Waals surface area contributed by atoms with Crippen molar-refractivity contribution in [2.24, 2.45) is 0 Å². The monoisotopic (exact) mass is 440 g/mol. The summed E-state index contributed by atoms with van der Waals surface area (Å²) in [6.07, 6.45) is 0.